The molecule has 5 nitrogen and oxygen atoms in total. The fraction of sp³-hybridized carbons (Fsp3) is 0.0385. The van der Waals surface area contributed by atoms with Crippen molar-refractivity contribution in [3.8, 4) is 40.3 Å². The van der Waals surface area contributed by atoms with Crippen LogP contribution in [0, 0.1) is 22.7 Å². The minimum atomic E-state index is -0.0641. The summed E-state index contributed by atoms with van der Waals surface area (Å²) in [7, 11) is 0. The van der Waals surface area contributed by atoms with Crippen molar-refractivity contribution in [2.24, 2.45) is 4.99 Å². The van der Waals surface area contributed by atoms with Crippen LogP contribution in [0.25, 0.3) is 22.5 Å². The molecule has 0 atom stereocenters. The second kappa shape index (κ2) is 9.26. The van der Waals surface area contributed by atoms with Gasteiger partial charge >= 0.3 is 0 Å². The van der Waals surface area contributed by atoms with E-state index in [4.69, 9.17) is 14.4 Å². The molecule has 0 amide bonds. The molecule has 0 saturated carbocycles. The number of furan rings is 1. The normalized spacial score (nSPS) is 10.5. The highest BCUT2D eigenvalue weighted by Crippen LogP contribution is 2.42. The number of benzene rings is 3. The van der Waals surface area contributed by atoms with Gasteiger partial charge in [0, 0.05) is 22.9 Å². The second-order valence-electron chi connectivity index (χ2n) is 6.57. The van der Waals surface area contributed by atoms with Gasteiger partial charge in [-0.3, -0.25) is 0 Å². The second-order valence-corrected chi connectivity index (χ2v) is 6.57. The van der Waals surface area contributed by atoms with Crippen LogP contribution in [0.5, 0.6) is 5.75 Å². The van der Waals surface area contributed by atoms with Crippen molar-refractivity contribution >= 4 is 12.1 Å². The summed E-state index contributed by atoms with van der Waals surface area (Å²) in [6, 6.07) is 30.7. The molecule has 0 aliphatic rings. The first-order valence-corrected chi connectivity index (χ1v) is 9.62. The number of hydrogen-bond acceptors (Lipinski definition) is 5. The molecule has 4 rings (SSSR count). The smallest absolute Gasteiger partial charge is 0.238 e. The third-order valence-electron chi connectivity index (χ3n) is 4.63. The monoisotopic (exact) mass is 403 g/mol. The average Bonchev–Trinajstić information content (AvgIpc) is 3.21. The molecule has 0 aliphatic heterocycles. The molecule has 0 radical (unpaired) electrons. The first-order valence-electron chi connectivity index (χ1n) is 9.62. The van der Waals surface area contributed by atoms with E-state index < -0.39 is 0 Å². The standard InChI is InChI=1S/C26H17N3O2/c27-15-16-30-23-14-8-7-13-21(23)18-29-26-22(17-28)24(19-9-3-1-4-10-19)25(31-26)20-11-5-2-6-12-20/h1-14,18H,16H2. The lowest BCUT2D eigenvalue weighted by Gasteiger charge is -2.04. The zero-order valence-electron chi connectivity index (χ0n) is 16.5. The third-order valence-corrected chi connectivity index (χ3v) is 4.63. The molecule has 0 unspecified atom stereocenters. The molecule has 0 fully saturated rings. The van der Waals surface area contributed by atoms with E-state index >= 15 is 0 Å². The largest absolute Gasteiger partial charge is 0.478 e. The summed E-state index contributed by atoms with van der Waals surface area (Å²) in [4.78, 5) is 4.47. The first-order chi connectivity index (χ1) is 15.3. The molecule has 1 heterocycles. The van der Waals surface area contributed by atoms with E-state index in [0.717, 1.165) is 11.1 Å². The Labute approximate surface area is 180 Å². The number of nitrogens with zero attached hydrogens (tertiary/aromatic N) is 3. The Morgan fingerprint density at radius 2 is 1.48 bits per heavy atom. The maximum absolute atomic E-state index is 9.94. The van der Waals surface area contributed by atoms with Gasteiger partial charge in [0.2, 0.25) is 5.88 Å². The molecule has 0 saturated heterocycles. The van der Waals surface area contributed by atoms with Crippen molar-refractivity contribution in [1.29, 1.82) is 10.5 Å². The molecule has 31 heavy (non-hydrogen) atoms. The molecule has 3 aromatic carbocycles. The molecule has 0 aliphatic carbocycles. The summed E-state index contributed by atoms with van der Waals surface area (Å²) in [6.07, 6.45) is 1.58. The summed E-state index contributed by atoms with van der Waals surface area (Å²) in [6.45, 7) is -0.0641. The SMILES string of the molecule is N#CCOc1ccccc1C=Nc1oc(-c2ccccc2)c(-c2ccccc2)c1C#N. The molecule has 1 aromatic heterocycles. The fourth-order valence-corrected chi connectivity index (χ4v) is 3.24. The van der Waals surface area contributed by atoms with Crippen LogP contribution in [0.15, 0.2) is 94.3 Å². The van der Waals surface area contributed by atoms with Gasteiger partial charge in [0.15, 0.2) is 6.61 Å². The Bertz CT molecular complexity index is 1290. The van der Waals surface area contributed by atoms with Gasteiger partial charge in [-0.2, -0.15) is 10.5 Å². The zero-order chi connectivity index (χ0) is 21.5. The molecule has 5 heteroatoms. The fourth-order valence-electron chi connectivity index (χ4n) is 3.24. The summed E-state index contributed by atoms with van der Waals surface area (Å²) >= 11 is 0. The predicted molar refractivity (Wildman–Crippen MR) is 119 cm³/mol. The van der Waals surface area contributed by atoms with E-state index in [-0.39, 0.29) is 12.5 Å². The van der Waals surface area contributed by atoms with Crippen LogP contribution in [0.1, 0.15) is 11.1 Å². The van der Waals surface area contributed by atoms with Crippen LogP contribution < -0.4 is 4.74 Å². The van der Waals surface area contributed by atoms with Crippen LogP contribution >= 0.6 is 0 Å². The van der Waals surface area contributed by atoms with E-state index in [1.165, 1.54) is 0 Å². The van der Waals surface area contributed by atoms with Gasteiger partial charge in [-0.15, -0.1) is 0 Å². The molecule has 148 valence electrons. The Kier molecular flexibility index (Phi) is 5.88. The molecule has 0 spiro atoms. The number of rotatable bonds is 6. The van der Waals surface area contributed by atoms with Crippen molar-refractivity contribution in [2.45, 2.75) is 0 Å². The highest BCUT2D eigenvalue weighted by molar-refractivity contribution is 5.90. The van der Waals surface area contributed by atoms with Gasteiger partial charge < -0.3 is 9.15 Å². The summed E-state index contributed by atoms with van der Waals surface area (Å²) in [5, 5.41) is 18.7. The zero-order valence-corrected chi connectivity index (χ0v) is 16.5. The van der Waals surface area contributed by atoms with Crippen molar-refractivity contribution in [3.63, 3.8) is 0 Å². The van der Waals surface area contributed by atoms with E-state index in [0.29, 0.717) is 28.2 Å². The number of para-hydroxylation sites is 1. The molecule has 0 N–H and O–H groups in total. The van der Waals surface area contributed by atoms with Gasteiger partial charge in [-0.1, -0.05) is 72.8 Å². The highest BCUT2D eigenvalue weighted by atomic mass is 16.5. The quantitative estimate of drug-likeness (QED) is 0.362. The summed E-state index contributed by atoms with van der Waals surface area (Å²) < 4.78 is 11.6. The van der Waals surface area contributed by atoms with Crippen molar-refractivity contribution in [2.75, 3.05) is 6.61 Å². The maximum atomic E-state index is 9.94. The Balaban J connectivity index is 1.83. The van der Waals surface area contributed by atoms with Crippen LogP contribution in [-0.2, 0) is 0 Å². The molecule has 4 aromatic rings. The minimum Gasteiger partial charge on any atom is -0.478 e. The average molecular weight is 403 g/mol. The number of ether oxygens (including phenoxy) is 1. The van der Waals surface area contributed by atoms with Gasteiger partial charge in [-0.05, 0) is 17.7 Å². The van der Waals surface area contributed by atoms with E-state index in [9.17, 15) is 5.26 Å². The van der Waals surface area contributed by atoms with Crippen LogP contribution in [0.4, 0.5) is 5.88 Å². The summed E-state index contributed by atoms with van der Waals surface area (Å²) in [5.74, 6) is 1.34. The Morgan fingerprint density at radius 1 is 0.839 bits per heavy atom. The molecule has 0 bridgehead atoms. The molecular formula is C26H17N3O2. The lowest BCUT2D eigenvalue weighted by atomic mass is 9.98. The maximum Gasteiger partial charge on any atom is 0.238 e. The molecular weight excluding hydrogens is 386 g/mol. The Morgan fingerprint density at radius 3 is 2.16 bits per heavy atom. The van der Waals surface area contributed by atoms with Crippen LogP contribution in [0.3, 0.4) is 0 Å². The van der Waals surface area contributed by atoms with Crippen molar-refractivity contribution in [3.05, 3.63) is 96.1 Å². The van der Waals surface area contributed by atoms with Crippen molar-refractivity contribution < 1.29 is 9.15 Å². The predicted octanol–water partition coefficient (Wildman–Crippen LogP) is 6.14. The van der Waals surface area contributed by atoms with Gasteiger partial charge in [0.25, 0.3) is 0 Å². The lowest BCUT2D eigenvalue weighted by Crippen LogP contribution is -1.96. The summed E-state index contributed by atoms with van der Waals surface area (Å²) in [5.41, 5.74) is 3.48. The number of nitriles is 2. The number of aliphatic imine (C=N–C) groups is 1. The van der Waals surface area contributed by atoms with E-state index in [1.54, 1.807) is 12.3 Å². The van der Waals surface area contributed by atoms with Crippen LogP contribution in [-0.4, -0.2) is 12.8 Å². The van der Waals surface area contributed by atoms with Gasteiger partial charge in [0.05, 0.1) is 0 Å². The third kappa shape index (κ3) is 4.22. The van der Waals surface area contributed by atoms with Crippen molar-refractivity contribution in [1.82, 2.24) is 0 Å². The topological polar surface area (TPSA) is 82.3 Å². The van der Waals surface area contributed by atoms with Gasteiger partial charge in [-0.25, -0.2) is 4.99 Å². The van der Waals surface area contributed by atoms with Gasteiger partial charge in [0.1, 0.15) is 29.2 Å². The van der Waals surface area contributed by atoms with E-state index in [1.807, 2.05) is 84.9 Å². The van der Waals surface area contributed by atoms with E-state index in [2.05, 4.69) is 11.1 Å². The number of hydrogen-bond donors (Lipinski definition) is 0. The highest BCUT2D eigenvalue weighted by Gasteiger charge is 2.22. The first kappa shape index (κ1) is 19.7. The van der Waals surface area contributed by atoms with Crippen LogP contribution in [0.2, 0.25) is 0 Å². The minimum absolute atomic E-state index is 0.0641. The lowest BCUT2D eigenvalue weighted by molar-refractivity contribution is 0.367. The Hall–Kier alpha value is -4.61.